The predicted molar refractivity (Wildman–Crippen MR) is 82.1 cm³/mol. The summed E-state index contributed by atoms with van der Waals surface area (Å²) in [6.07, 6.45) is 1.47. The molecule has 1 amide bonds. The number of hydrogen-bond donors (Lipinski definition) is 3. The van der Waals surface area contributed by atoms with E-state index >= 15 is 0 Å². The molecule has 7 nitrogen and oxygen atoms in total. The summed E-state index contributed by atoms with van der Waals surface area (Å²) in [6.45, 7) is 4.25. The highest BCUT2D eigenvalue weighted by molar-refractivity contribution is 5.82. The van der Waals surface area contributed by atoms with Crippen molar-refractivity contribution in [3.63, 3.8) is 0 Å². The third kappa shape index (κ3) is 4.42. The second-order valence-corrected chi connectivity index (χ2v) is 4.87. The number of benzene rings is 1. The van der Waals surface area contributed by atoms with Crippen molar-refractivity contribution in [3.8, 4) is 0 Å². The van der Waals surface area contributed by atoms with Gasteiger partial charge in [-0.3, -0.25) is 14.9 Å². The van der Waals surface area contributed by atoms with E-state index in [0.717, 1.165) is 12.8 Å². The fourth-order valence-corrected chi connectivity index (χ4v) is 2.06. The standard InChI is InChI=1S/C14H22N4O3/c1-3-14(4-2,10-15)17-13(19)9-16-11-7-5-6-8-12(11)18(20)21/h5-8,16H,3-4,9-10,15H2,1-2H3,(H,17,19). The first-order valence-electron chi connectivity index (χ1n) is 6.96. The first-order valence-corrected chi connectivity index (χ1v) is 6.96. The molecule has 0 aliphatic rings. The van der Waals surface area contributed by atoms with Gasteiger partial charge in [-0.1, -0.05) is 26.0 Å². The van der Waals surface area contributed by atoms with E-state index in [1.165, 1.54) is 6.07 Å². The summed E-state index contributed by atoms with van der Waals surface area (Å²) >= 11 is 0. The molecule has 0 heterocycles. The van der Waals surface area contributed by atoms with Crippen LogP contribution in [0.25, 0.3) is 0 Å². The topological polar surface area (TPSA) is 110 Å². The molecule has 7 heteroatoms. The van der Waals surface area contributed by atoms with Crippen LogP contribution in [0.4, 0.5) is 11.4 Å². The van der Waals surface area contributed by atoms with Gasteiger partial charge < -0.3 is 16.4 Å². The van der Waals surface area contributed by atoms with Crippen molar-refractivity contribution in [1.29, 1.82) is 0 Å². The first-order chi connectivity index (χ1) is 9.98. The molecular formula is C14H22N4O3. The number of para-hydroxylation sites is 2. The van der Waals surface area contributed by atoms with Crippen LogP contribution in [0, 0.1) is 10.1 Å². The molecule has 0 saturated heterocycles. The number of carbonyl (C=O) groups excluding carboxylic acids is 1. The molecule has 0 spiro atoms. The van der Waals surface area contributed by atoms with Crippen molar-refractivity contribution in [2.45, 2.75) is 32.2 Å². The van der Waals surface area contributed by atoms with Gasteiger partial charge in [0.15, 0.2) is 0 Å². The van der Waals surface area contributed by atoms with Gasteiger partial charge in [-0.2, -0.15) is 0 Å². The summed E-state index contributed by atoms with van der Waals surface area (Å²) in [5, 5.41) is 16.6. The first kappa shape index (κ1) is 16.9. The third-order valence-electron chi connectivity index (χ3n) is 3.69. The zero-order valence-corrected chi connectivity index (χ0v) is 12.4. The lowest BCUT2D eigenvalue weighted by Crippen LogP contribution is -2.54. The number of nitrogens with two attached hydrogens (primary N) is 1. The van der Waals surface area contributed by atoms with E-state index in [0.29, 0.717) is 12.2 Å². The summed E-state index contributed by atoms with van der Waals surface area (Å²) < 4.78 is 0. The monoisotopic (exact) mass is 294 g/mol. The number of nitrogens with one attached hydrogen (secondary N) is 2. The van der Waals surface area contributed by atoms with Gasteiger partial charge in [-0.15, -0.1) is 0 Å². The summed E-state index contributed by atoms with van der Waals surface area (Å²) in [6, 6.07) is 6.22. The number of nitrogens with zero attached hydrogens (tertiary/aromatic N) is 1. The average molecular weight is 294 g/mol. The lowest BCUT2D eigenvalue weighted by atomic mass is 9.93. The smallest absolute Gasteiger partial charge is 0.292 e. The summed E-state index contributed by atoms with van der Waals surface area (Å²) in [5.74, 6) is -0.234. The van der Waals surface area contributed by atoms with Gasteiger partial charge >= 0.3 is 0 Å². The molecule has 0 aliphatic carbocycles. The van der Waals surface area contributed by atoms with Crippen LogP contribution in [0.3, 0.4) is 0 Å². The average Bonchev–Trinajstić information content (AvgIpc) is 2.51. The van der Waals surface area contributed by atoms with E-state index in [-0.39, 0.29) is 18.1 Å². The minimum absolute atomic E-state index is 0.0351. The largest absolute Gasteiger partial charge is 0.371 e. The van der Waals surface area contributed by atoms with E-state index in [4.69, 9.17) is 5.73 Å². The van der Waals surface area contributed by atoms with Crippen molar-refractivity contribution in [3.05, 3.63) is 34.4 Å². The summed E-state index contributed by atoms with van der Waals surface area (Å²) in [5.41, 5.74) is 5.58. The summed E-state index contributed by atoms with van der Waals surface area (Å²) in [7, 11) is 0. The Bertz CT molecular complexity index is 492. The Morgan fingerprint density at radius 3 is 2.48 bits per heavy atom. The zero-order chi connectivity index (χ0) is 15.9. The Labute approximate surface area is 124 Å². The van der Waals surface area contributed by atoms with Crippen LogP contribution >= 0.6 is 0 Å². The van der Waals surface area contributed by atoms with Crippen LogP contribution in [0.2, 0.25) is 0 Å². The lowest BCUT2D eigenvalue weighted by Gasteiger charge is -2.31. The van der Waals surface area contributed by atoms with Gasteiger partial charge in [0.05, 0.1) is 17.0 Å². The van der Waals surface area contributed by atoms with Crippen molar-refractivity contribution >= 4 is 17.3 Å². The number of nitro benzene ring substituents is 1. The van der Waals surface area contributed by atoms with Crippen LogP contribution < -0.4 is 16.4 Å². The quantitative estimate of drug-likeness (QED) is 0.498. The molecule has 0 fully saturated rings. The van der Waals surface area contributed by atoms with Crippen molar-refractivity contribution in [2.24, 2.45) is 5.73 Å². The van der Waals surface area contributed by atoms with Crippen molar-refractivity contribution in [1.82, 2.24) is 5.32 Å². The molecule has 0 bridgehead atoms. The fraction of sp³-hybridized carbons (Fsp3) is 0.500. The van der Waals surface area contributed by atoms with E-state index < -0.39 is 10.5 Å². The third-order valence-corrected chi connectivity index (χ3v) is 3.69. The minimum atomic E-state index is -0.484. The minimum Gasteiger partial charge on any atom is -0.371 e. The van der Waals surface area contributed by atoms with E-state index in [1.54, 1.807) is 18.2 Å². The van der Waals surface area contributed by atoms with Gasteiger partial charge in [0.1, 0.15) is 5.69 Å². The highest BCUT2D eigenvalue weighted by atomic mass is 16.6. The Morgan fingerprint density at radius 2 is 1.95 bits per heavy atom. The second-order valence-electron chi connectivity index (χ2n) is 4.87. The molecule has 4 N–H and O–H groups in total. The van der Waals surface area contributed by atoms with Crippen molar-refractivity contribution in [2.75, 3.05) is 18.4 Å². The maximum Gasteiger partial charge on any atom is 0.292 e. The van der Waals surface area contributed by atoms with Gasteiger partial charge in [0, 0.05) is 12.6 Å². The van der Waals surface area contributed by atoms with Gasteiger partial charge in [-0.25, -0.2) is 0 Å². The molecule has 1 aromatic rings. The SMILES string of the molecule is CCC(CC)(CN)NC(=O)CNc1ccccc1[N+](=O)[O-]. The molecule has 0 unspecified atom stereocenters. The number of amides is 1. The van der Waals surface area contributed by atoms with Gasteiger partial charge in [0.25, 0.3) is 5.69 Å². The summed E-state index contributed by atoms with van der Waals surface area (Å²) in [4.78, 5) is 22.4. The van der Waals surface area contributed by atoms with E-state index in [9.17, 15) is 14.9 Å². The highest BCUT2D eigenvalue weighted by Gasteiger charge is 2.26. The Balaban J connectivity index is 2.68. The highest BCUT2D eigenvalue weighted by Crippen LogP contribution is 2.22. The Kier molecular flexibility index (Phi) is 6.10. The number of hydrogen-bond acceptors (Lipinski definition) is 5. The van der Waals surface area contributed by atoms with Crippen LogP contribution in [-0.4, -0.2) is 29.5 Å². The molecule has 1 aromatic carbocycles. The van der Waals surface area contributed by atoms with Crippen molar-refractivity contribution < 1.29 is 9.72 Å². The van der Waals surface area contributed by atoms with Crippen LogP contribution in [0.5, 0.6) is 0 Å². The second kappa shape index (κ2) is 7.58. The maximum atomic E-state index is 12.0. The number of rotatable bonds is 8. The fourth-order valence-electron chi connectivity index (χ4n) is 2.06. The van der Waals surface area contributed by atoms with Crippen LogP contribution in [0.1, 0.15) is 26.7 Å². The maximum absolute atomic E-state index is 12.0. The number of nitro groups is 1. The molecule has 21 heavy (non-hydrogen) atoms. The number of anilines is 1. The zero-order valence-electron chi connectivity index (χ0n) is 12.4. The number of carbonyl (C=O) groups is 1. The molecule has 0 aromatic heterocycles. The molecule has 116 valence electrons. The Morgan fingerprint density at radius 1 is 1.33 bits per heavy atom. The van der Waals surface area contributed by atoms with Crippen LogP contribution in [-0.2, 0) is 4.79 Å². The predicted octanol–water partition coefficient (Wildman–Crippen LogP) is 1.64. The molecule has 0 atom stereocenters. The molecule has 0 aliphatic heterocycles. The molecule has 0 radical (unpaired) electrons. The Hall–Kier alpha value is -2.15. The van der Waals surface area contributed by atoms with Gasteiger partial charge in [0.2, 0.25) is 5.91 Å². The van der Waals surface area contributed by atoms with Gasteiger partial charge in [-0.05, 0) is 18.9 Å². The molecule has 0 saturated carbocycles. The van der Waals surface area contributed by atoms with E-state index in [2.05, 4.69) is 10.6 Å². The molecular weight excluding hydrogens is 272 g/mol. The molecule has 1 rings (SSSR count). The lowest BCUT2D eigenvalue weighted by molar-refractivity contribution is -0.383. The van der Waals surface area contributed by atoms with E-state index in [1.807, 2.05) is 13.8 Å². The van der Waals surface area contributed by atoms with Crippen LogP contribution in [0.15, 0.2) is 24.3 Å². The normalized spacial score (nSPS) is 11.0.